The number of hydrogen-bond acceptors (Lipinski definition) is 4. The van der Waals surface area contributed by atoms with E-state index in [0.29, 0.717) is 10.7 Å². The molecule has 0 saturated heterocycles. The van der Waals surface area contributed by atoms with Crippen molar-refractivity contribution in [3.8, 4) is 16.8 Å². The Kier molecular flexibility index (Phi) is 4.40. The van der Waals surface area contributed by atoms with Gasteiger partial charge in [-0.2, -0.15) is 5.10 Å². The number of pyridine rings is 2. The zero-order chi connectivity index (χ0) is 21.8. The summed E-state index contributed by atoms with van der Waals surface area (Å²) >= 11 is 6.21. The van der Waals surface area contributed by atoms with E-state index < -0.39 is 0 Å². The molecule has 5 nitrogen and oxygen atoms in total. The monoisotopic (exact) mass is 439 g/mol. The lowest BCUT2D eigenvalue weighted by atomic mass is 9.90. The molecule has 0 saturated carbocycles. The summed E-state index contributed by atoms with van der Waals surface area (Å²) in [5.41, 5.74) is 15.3. The van der Waals surface area contributed by atoms with Gasteiger partial charge in [0, 0.05) is 22.0 Å². The zero-order valence-electron chi connectivity index (χ0n) is 17.8. The van der Waals surface area contributed by atoms with Gasteiger partial charge in [-0.1, -0.05) is 41.9 Å². The Hall–Kier alpha value is -3.44. The highest BCUT2D eigenvalue weighted by atomic mass is 35.5. The SMILES string of the molecule is Cc1nn(-c2ccccc2)c2nc3nc4c(c(N)c3c(-c3ccc(Cl)cc3)c12)CCCC4. The molecular weight excluding hydrogens is 418 g/mol. The third-order valence-corrected chi connectivity index (χ3v) is 6.63. The summed E-state index contributed by atoms with van der Waals surface area (Å²) < 4.78 is 1.90. The number of halogens is 1. The first-order valence-electron chi connectivity index (χ1n) is 10.9. The van der Waals surface area contributed by atoms with Crippen molar-refractivity contribution in [2.45, 2.75) is 32.6 Å². The van der Waals surface area contributed by atoms with Crippen molar-refractivity contribution in [1.82, 2.24) is 19.7 Å². The zero-order valence-corrected chi connectivity index (χ0v) is 18.5. The molecule has 0 unspecified atom stereocenters. The number of nitrogen functional groups attached to an aromatic ring is 1. The first-order chi connectivity index (χ1) is 15.6. The molecule has 2 N–H and O–H groups in total. The van der Waals surface area contributed by atoms with E-state index in [2.05, 4.69) is 0 Å². The molecule has 1 aliphatic rings. The van der Waals surface area contributed by atoms with Crippen molar-refractivity contribution < 1.29 is 0 Å². The standard InChI is InChI=1S/C26H22ClN5/c1-15-21-22(16-11-13-17(27)14-12-16)23-24(28)19-9-5-6-10-20(19)29-25(23)30-26(21)32(31-15)18-7-3-2-4-8-18/h2-4,7-8,11-14H,5-6,9-10H2,1H3,(H2,28,29,30). The van der Waals surface area contributed by atoms with Gasteiger partial charge in [-0.3, -0.25) is 0 Å². The van der Waals surface area contributed by atoms with Crippen LogP contribution in [0.15, 0.2) is 54.6 Å². The predicted molar refractivity (Wildman–Crippen MR) is 130 cm³/mol. The molecule has 0 radical (unpaired) electrons. The summed E-state index contributed by atoms with van der Waals surface area (Å²) in [4.78, 5) is 10.0. The highest BCUT2D eigenvalue weighted by molar-refractivity contribution is 6.30. The minimum atomic E-state index is 0.678. The number of para-hydroxylation sites is 1. The molecule has 1 aliphatic carbocycles. The minimum Gasteiger partial charge on any atom is -0.398 e. The van der Waals surface area contributed by atoms with Crippen LogP contribution in [0, 0.1) is 6.92 Å². The molecule has 2 aromatic carbocycles. The van der Waals surface area contributed by atoms with E-state index in [1.165, 1.54) is 5.56 Å². The van der Waals surface area contributed by atoms with E-state index in [1.807, 2.05) is 66.2 Å². The van der Waals surface area contributed by atoms with Crippen LogP contribution >= 0.6 is 11.6 Å². The van der Waals surface area contributed by atoms with Gasteiger partial charge < -0.3 is 5.73 Å². The molecule has 3 aromatic heterocycles. The molecular formula is C26H22ClN5. The van der Waals surface area contributed by atoms with Crippen LogP contribution in [0.4, 0.5) is 5.69 Å². The Morgan fingerprint density at radius 2 is 1.66 bits per heavy atom. The summed E-state index contributed by atoms with van der Waals surface area (Å²) in [5, 5.41) is 7.48. The second-order valence-electron chi connectivity index (χ2n) is 8.38. The van der Waals surface area contributed by atoms with Gasteiger partial charge in [0.1, 0.15) is 0 Å². The number of benzene rings is 2. The molecule has 0 spiro atoms. The van der Waals surface area contributed by atoms with E-state index in [-0.39, 0.29) is 0 Å². The van der Waals surface area contributed by atoms with Gasteiger partial charge in [0.05, 0.1) is 22.2 Å². The van der Waals surface area contributed by atoms with Crippen LogP contribution < -0.4 is 5.73 Å². The summed E-state index contributed by atoms with van der Waals surface area (Å²) in [5.74, 6) is 0. The Bertz CT molecular complexity index is 1490. The average molecular weight is 440 g/mol. The van der Waals surface area contributed by atoms with Gasteiger partial charge >= 0.3 is 0 Å². The number of nitrogens with two attached hydrogens (primary N) is 1. The van der Waals surface area contributed by atoms with Crippen LogP contribution in [-0.2, 0) is 12.8 Å². The van der Waals surface area contributed by atoms with Crippen molar-refractivity contribution >= 4 is 39.4 Å². The number of fused-ring (bicyclic) bond motifs is 3. The molecule has 32 heavy (non-hydrogen) atoms. The van der Waals surface area contributed by atoms with Crippen LogP contribution in [0.1, 0.15) is 29.8 Å². The Morgan fingerprint density at radius 3 is 2.44 bits per heavy atom. The molecule has 3 heterocycles. The normalized spacial score (nSPS) is 13.6. The van der Waals surface area contributed by atoms with Crippen LogP contribution in [0.3, 0.4) is 0 Å². The number of anilines is 1. The fraction of sp³-hybridized carbons (Fsp3) is 0.192. The maximum atomic E-state index is 6.83. The lowest BCUT2D eigenvalue weighted by molar-refractivity contribution is 0.672. The van der Waals surface area contributed by atoms with Gasteiger partial charge in [0.2, 0.25) is 0 Å². The second kappa shape index (κ2) is 7.31. The minimum absolute atomic E-state index is 0.678. The Labute approximate surface area is 190 Å². The lowest BCUT2D eigenvalue weighted by Gasteiger charge is -2.20. The van der Waals surface area contributed by atoms with Gasteiger partial charge in [0.25, 0.3) is 0 Å². The summed E-state index contributed by atoms with van der Waals surface area (Å²) in [6, 6.07) is 18.0. The van der Waals surface area contributed by atoms with Crippen LogP contribution in [0.5, 0.6) is 0 Å². The van der Waals surface area contributed by atoms with Gasteiger partial charge in [-0.15, -0.1) is 0 Å². The first-order valence-corrected chi connectivity index (χ1v) is 11.3. The second-order valence-corrected chi connectivity index (χ2v) is 8.82. The van der Waals surface area contributed by atoms with Crippen molar-refractivity contribution in [1.29, 1.82) is 0 Å². The number of rotatable bonds is 2. The van der Waals surface area contributed by atoms with E-state index in [9.17, 15) is 0 Å². The van der Waals surface area contributed by atoms with Gasteiger partial charge in [-0.05, 0) is 68.0 Å². The molecule has 6 heteroatoms. The summed E-state index contributed by atoms with van der Waals surface area (Å²) in [7, 11) is 0. The van der Waals surface area contributed by atoms with Crippen molar-refractivity contribution in [2.24, 2.45) is 0 Å². The van der Waals surface area contributed by atoms with Crippen molar-refractivity contribution in [2.75, 3.05) is 5.73 Å². The van der Waals surface area contributed by atoms with Gasteiger partial charge in [-0.25, -0.2) is 14.6 Å². The molecule has 5 aromatic rings. The topological polar surface area (TPSA) is 69.6 Å². The summed E-state index contributed by atoms with van der Waals surface area (Å²) in [6.07, 6.45) is 4.19. The largest absolute Gasteiger partial charge is 0.398 e. The molecule has 6 rings (SSSR count). The fourth-order valence-corrected chi connectivity index (χ4v) is 5.00. The third-order valence-electron chi connectivity index (χ3n) is 6.38. The van der Waals surface area contributed by atoms with E-state index >= 15 is 0 Å². The quantitative estimate of drug-likeness (QED) is 0.363. The van der Waals surface area contributed by atoms with Crippen molar-refractivity contribution in [3.05, 3.63) is 76.6 Å². The highest BCUT2D eigenvalue weighted by Gasteiger charge is 2.24. The third kappa shape index (κ3) is 2.88. The molecule has 0 amide bonds. The van der Waals surface area contributed by atoms with E-state index in [0.717, 1.165) is 76.0 Å². The lowest BCUT2D eigenvalue weighted by Crippen LogP contribution is -2.11. The van der Waals surface area contributed by atoms with Crippen LogP contribution in [-0.4, -0.2) is 19.7 Å². The number of hydrogen-bond donors (Lipinski definition) is 1. The summed E-state index contributed by atoms with van der Waals surface area (Å²) in [6.45, 7) is 2.02. The average Bonchev–Trinajstić information content (AvgIpc) is 3.15. The Morgan fingerprint density at radius 1 is 0.906 bits per heavy atom. The molecule has 0 fully saturated rings. The van der Waals surface area contributed by atoms with Crippen LogP contribution in [0.2, 0.25) is 5.02 Å². The van der Waals surface area contributed by atoms with Crippen molar-refractivity contribution in [3.63, 3.8) is 0 Å². The van der Waals surface area contributed by atoms with E-state index in [1.54, 1.807) is 0 Å². The highest BCUT2D eigenvalue weighted by Crippen LogP contribution is 2.42. The molecule has 0 aliphatic heterocycles. The molecule has 158 valence electrons. The fourth-order valence-electron chi connectivity index (χ4n) is 4.88. The number of aryl methyl sites for hydroxylation is 2. The predicted octanol–water partition coefficient (Wildman–Crippen LogP) is 6.06. The molecule has 0 bridgehead atoms. The molecule has 0 atom stereocenters. The number of aromatic nitrogens is 4. The Balaban J connectivity index is 1.79. The van der Waals surface area contributed by atoms with Gasteiger partial charge in [0.15, 0.2) is 11.3 Å². The maximum absolute atomic E-state index is 6.83. The van der Waals surface area contributed by atoms with E-state index in [4.69, 9.17) is 32.4 Å². The smallest absolute Gasteiger partial charge is 0.166 e. The number of nitrogens with zero attached hydrogens (tertiary/aromatic N) is 4. The van der Waals surface area contributed by atoms with Crippen LogP contribution in [0.25, 0.3) is 38.9 Å². The first kappa shape index (κ1) is 19.3. The maximum Gasteiger partial charge on any atom is 0.166 e.